The number of nitrogens with one attached hydrogen (secondary N) is 1. The molecular formula is C4H9N3O. The summed E-state index contributed by atoms with van der Waals surface area (Å²) >= 11 is 0. The smallest absolute Gasteiger partial charge is 0.153 e. The highest BCUT2D eigenvalue weighted by Crippen LogP contribution is 2.05. The molecule has 0 spiro atoms. The summed E-state index contributed by atoms with van der Waals surface area (Å²) in [5.74, 6) is -0.201. The van der Waals surface area contributed by atoms with Gasteiger partial charge in [-0.15, -0.1) is 4.91 Å². The third-order valence-corrected chi connectivity index (χ3v) is 0.887. The average Bonchev–Trinajstić information content (AvgIpc) is 1.67. The quantitative estimate of drug-likeness (QED) is 0.311. The first-order chi connectivity index (χ1) is 3.50. The minimum Gasteiger partial charge on any atom is -0.386 e. The predicted molar refractivity (Wildman–Crippen MR) is 31.8 cm³/mol. The Hall–Kier alpha value is -0.930. The maximum atomic E-state index is 9.80. The van der Waals surface area contributed by atoms with Crippen LogP contribution in [-0.2, 0) is 0 Å². The monoisotopic (exact) mass is 115 g/mol. The number of nitrogens with zero attached hydrogens (tertiary/aromatic N) is 1. The highest BCUT2D eigenvalue weighted by atomic mass is 16.3. The van der Waals surface area contributed by atoms with E-state index in [-0.39, 0.29) is 5.84 Å². The van der Waals surface area contributed by atoms with Crippen molar-refractivity contribution in [2.45, 2.75) is 19.4 Å². The highest BCUT2D eigenvalue weighted by molar-refractivity contribution is 5.86. The summed E-state index contributed by atoms with van der Waals surface area (Å²) in [6.07, 6.45) is 0. The molecule has 0 bridgehead atoms. The van der Waals surface area contributed by atoms with E-state index in [2.05, 4.69) is 5.18 Å². The maximum Gasteiger partial charge on any atom is 0.153 e. The van der Waals surface area contributed by atoms with E-state index >= 15 is 0 Å². The number of nitroso groups, excluding NO2 is 1. The lowest BCUT2D eigenvalue weighted by atomic mass is 10.1. The van der Waals surface area contributed by atoms with Crippen LogP contribution < -0.4 is 5.73 Å². The Morgan fingerprint density at radius 1 is 1.75 bits per heavy atom. The predicted octanol–water partition coefficient (Wildman–Crippen LogP) is 0.467. The van der Waals surface area contributed by atoms with Crippen LogP contribution in [0.1, 0.15) is 13.8 Å². The molecule has 0 aliphatic rings. The molecule has 0 aliphatic heterocycles. The van der Waals surface area contributed by atoms with E-state index in [1.165, 1.54) is 13.8 Å². The van der Waals surface area contributed by atoms with Gasteiger partial charge in [0.05, 0.1) is 0 Å². The Labute approximate surface area is 47.6 Å². The Bertz CT molecular complexity index is 118. The Balaban J connectivity index is 4.12. The summed E-state index contributed by atoms with van der Waals surface area (Å²) in [5, 5.41) is 9.40. The van der Waals surface area contributed by atoms with Crippen molar-refractivity contribution in [1.82, 2.24) is 0 Å². The van der Waals surface area contributed by atoms with Crippen molar-refractivity contribution in [2.75, 3.05) is 0 Å². The maximum absolute atomic E-state index is 9.80. The molecule has 0 amide bonds. The van der Waals surface area contributed by atoms with Crippen molar-refractivity contribution in [1.29, 1.82) is 5.41 Å². The fourth-order valence-corrected chi connectivity index (χ4v) is 0.0492. The SMILES string of the molecule is CC(C)(N=O)C(=N)N. The van der Waals surface area contributed by atoms with Gasteiger partial charge in [-0.05, 0) is 13.8 Å². The van der Waals surface area contributed by atoms with Crippen LogP contribution in [0.2, 0.25) is 0 Å². The number of hydrogen-bond donors (Lipinski definition) is 2. The molecule has 0 saturated carbocycles. The van der Waals surface area contributed by atoms with E-state index in [1.54, 1.807) is 0 Å². The molecule has 0 aromatic carbocycles. The lowest BCUT2D eigenvalue weighted by molar-refractivity contribution is 0.683. The van der Waals surface area contributed by atoms with Gasteiger partial charge in [0, 0.05) is 0 Å². The van der Waals surface area contributed by atoms with Crippen LogP contribution in [0.25, 0.3) is 0 Å². The Morgan fingerprint density at radius 3 is 2.12 bits per heavy atom. The van der Waals surface area contributed by atoms with E-state index in [0.29, 0.717) is 0 Å². The fourth-order valence-electron chi connectivity index (χ4n) is 0.0492. The molecule has 8 heavy (non-hydrogen) atoms. The van der Waals surface area contributed by atoms with Crippen molar-refractivity contribution in [3.63, 3.8) is 0 Å². The standard InChI is InChI=1S/C4H9N3O/c1-4(2,7-8)3(5)6/h1-2H3,(H3,5,6). The molecule has 3 N–H and O–H groups in total. The first-order valence-corrected chi connectivity index (χ1v) is 2.19. The van der Waals surface area contributed by atoms with Crippen LogP contribution in [0.4, 0.5) is 0 Å². The van der Waals surface area contributed by atoms with E-state index in [4.69, 9.17) is 11.1 Å². The summed E-state index contributed by atoms with van der Waals surface area (Å²) in [4.78, 5) is 9.80. The number of rotatable bonds is 2. The lowest BCUT2D eigenvalue weighted by Crippen LogP contribution is -2.34. The second-order valence-electron chi connectivity index (χ2n) is 2.06. The van der Waals surface area contributed by atoms with Crippen molar-refractivity contribution in [2.24, 2.45) is 10.9 Å². The second-order valence-corrected chi connectivity index (χ2v) is 2.06. The zero-order valence-corrected chi connectivity index (χ0v) is 4.93. The van der Waals surface area contributed by atoms with Crippen molar-refractivity contribution >= 4 is 5.84 Å². The molecule has 0 unspecified atom stereocenters. The summed E-state index contributed by atoms with van der Waals surface area (Å²) in [5.41, 5.74) is 3.94. The van der Waals surface area contributed by atoms with Gasteiger partial charge in [-0.1, -0.05) is 5.18 Å². The third-order valence-electron chi connectivity index (χ3n) is 0.887. The van der Waals surface area contributed by atoms with Gasteiger partial charge in [-0.3, -0.25) is 5.41 Å². The number of hydrogen-bond acceptors (Lipinski definition) is 3. The lowest BCUT2D eigenvalue weighted by Gasteiger charge is -2.10. The van der Waals surface area contributed by atoms with Crippen LogP contribution in [-0.4, -0.2) is 11.4 Å². The van der Waals surface area contributed by atoms with Crippen LogP contribution in [0.5, 0.6) is 0 Å². The minimum atomic E-state index is -1.03. The molecule has 0 fully saturated rings. The summed E-state index contributed by atoms with van der Waals surface area (Å²) in [6, 6.07) is 0. The van der Waals surface area contributed by atoms with Gasteiger partial charge >= 0.3 is 0 Å². The topological polar surface area (TPSA) is 79.3 Å². The molecule has 0 heterocycles. The van der Waals surface area contributed by atoms with Crippen LogP contribution >= 0.6 is 0 Å². The molecule has 4 nitrogen and oxygen atoms in total. The third kappa shape index (κ3) is 1.29. The Morgan fingerprint density at radius 2 is 2.12 bits per heavy atom. The summed E-state index contributed by atoms with van der Waals surface area (Å²) in [6.45, 7) is 2.98. The van der Waals surface area contributed by atoms with Crippen molar-refractivity contribution in [3.05, 3.63) is 4.91 Å². The normalized spacial score (nSPS) is 10.8. The highest BCUT2D eigenvalue weighted by Gasteiger charge is 2.21. The van der Waals surface area contributed by atoms with Crippen molar-refractivity contribution < 1.29 is 0 Å². The van der Waals surface area contributed by atoms with E-state index < -0.39 is 5.54 Å². The number of nitrogens with two attached hydrogens (primary N) is 1. The molecule has 4 heteroatoms. The van der Waals surface area contributed by atoms with Gasteiger partial charge in [0.2, 0.25) is 0 Å². The zero-order valence-electron chi connectivity index (χ0n) is 4.93. The zero-order chi connectivity index (χ0) is 6.78. The molecular weight excluding hydrogens is 106 g/mol. The van der Waals surface area contributed by atoms with Crippen LogP contribution in [0, 0.1) is 10.3 Å². The van der Waals surface area contributed by atoms with Gasteiger partial charge in [-0.25, -0.2) is 0 Å². The van der Waals surface area contributed by atoms with Crippen LogP contribution in [0.15, 0.2) is 5.18 Å². The first-order valence-electron chi connectivity index (χ1n) is 2.19. The molecule has 0 aromatic rings. The largest absolute Gasteiger partial charge is 0.386 e. The molecule has 46 valence electrons. The summed E-state index contributed by atoms with van der Waals surface area (Å²) in [7, 11) is 0. The molecule has 0 atom stereocenters. The molecule has 0 saturated heterocycles. The second kappa shape index (κ2) is 1.90. The minimum absolute atomic E-state index is 0.201. The van der Waals surface area contributed by atoms with Gasteiger partial charge in [0.15, 0.2) is 5.54 Å². The molecule has 0 radical (unpaired) electrons. The average molecular weight is 115 g/mol. The van der Waals surface area contributed by atoms with E-state index in [1.807, 2.05) is 0 Å². The van der Waals surface area contributed by atoms with E-state index in [9.17, 15) is 4.91 Å². The van der Waals surface area contributed by atoms with Gasteiger partial charge in [0.25, 0.3) is 0 Å². The summed E-state index contributed by atoms with van der Waals surface area (Å²) < 4.78 is 0. The van der Waals surface area contributed by atoms with E-state index in [0.717, 1.165) is 0 Å². The van der Waals surface area contributed by atoms with Crippen molar-refractivity contribution in [3.8, 4) is 0 Å². The van der Waals surface area contributed by atoms with Crippen LogP contribution in [0.3, 0.4) is 0 Å². The first kappa shape index (κ1) is 7.07. The Kier molecular flexibility index (Phi) is 1.68. The fraction of sp³-hybridized carbons (Fsp3) is 0.750. The molecule has 0 rings (SSSR count). The van der Waals surface area contributed by atoms with Gasteiger partial charge in [-0.2, -0.15) is 0 Å². The number of amidine groups is 1. The molecule has 0 aliphatic carbocycles. The van der Waals surface area contributed by atoms with Gasteiger partial charge in [0.1, 0.15) is 5.84 Å². The molecule has 0 aromatic heterocycles. The van der Waals surface area contributed by atoms with Gasteiger partial charge < -0.3 is 5.73 Å².